The number of piperazine rings is 1. The van der Waals surface area contributed by atoms with Crippen LogP contribution in [0.1, 0.15) is 20.8 Å². The highest BCUT2D eigenvalue weighted by Gasteiger charge is 2.26. The van der Waals surface area contributed by atoms with Crippen molar-refractivity contribution in [2.45, 2.75) is 26.4 Å². The standard InChI is InChI=1S/C16H21N5O2/c1-16(2,3)23-15(22)21-8-6-20(7-9-21)14-13-4-5-17-10-12(13)11-18-19-14/h4-5,10-11H,6-9H2,1-3H3. The number of hydrogen-bond acceptors (Lipinski definition) is 6. The third-order valence-corrected chi connectivity index (χ3v) is 3.67. The average molecular weight is 315 g/mol. The van der Waals surface area contributed by atoms with Crippen LogP contribution >= 0.6 is 0 Å². The van der Waals surface area contributed by atoms with Crippen LogP contribution < -0.4 is 4.90 Å². The number of ether oxygens (including phenoxy) is 1. The number of amides is 1. The summed E-state index contributed by atoms with van der Waals surface area (Å²) in [7, 11) is 0. The van der Waals surface area contributed by atoms with Crippen LogP contribution in [-0.4, -0.2) is 58.0 Å². The van der Waals surface area contributed by atoms with Crippen LogP contribution in [0, 0.1) is 0 Å². The van der Waals surface area contributed by atoms with E-state index < -0.39 is 5.60 Å². The maximum absolute atomic E-state index is 12.1. The van der Waals surface area contributed by atoms with E-state index in [9.17, 15) is 4.79 Å². The fourth-order valence-corrected chi connectivity index (χ4v) is 2.57. The summed E-state index contributed by atoms with van der Waals surface area (Å²) in [5, 5.41) is 10.3. The molecular weight excluding hydrogens is 294 g/mol. The summed E-state index contributed by atoms with van der Waals surface area (Å²) in [6.07, 6.45) is 4.99. The molecule has 1 aliphatic heterocycles. The van der Waals surface area contributed by atoms with Gasteiger partial charge in [0.05, 0.1) is 6.20 Å². The minimum Gasteiger partial charge on any atom is -0.444 e. The van der Waals surface area contributed by atoms with Crippen molar-refractivity contribution in [1.29, 1.82) is 0 Å². The van der Waals surface area contributed by atoms with E-state index in [0.717, 1.165) is 16.6 Å². The fraction of sp³-hybridized carbons (Fsp3) is 0.500. The lowest BCUT2D eigenvalue weighted by atomic mass is 10.2. The highest BCUT2D eigenvalue weighted by Crippen LogP contribution is 2.23. The smallest absolute Gasteiger partial charge is 0.410 e. The van der Waals surface area contributed by atoms with Gasteiger partial charge in [-0.1, -0.05) is 0 Å². The maximum Gasteiger partial charge on any atom is 0.410 e. The average Bonchev–Trinajstić information content (AvgIpc) is 2.53. The zero-order chi connectivity index (χ0) is 16.4. The molecule has 0 N–H and O–H groups in total. The first-order valence-corrected chi connectivity index (χ1v) is 7.72. The van der Waals surface area contributed by atoms with Gasteiger partial charge in [0.25, 0.3) is 0 Å². The van der Waals surface area contributed by atoms with Gasteiger partial charge in [-0.2, -0.15) is 5.10 Å². The predicted octanol–water partition coefficient (Wildman–Crippen LogP) is 2.08. The number of carbonyl (C=O) groups is 1. The van der Waals surface area contributed by atoms with Gasteiger partial charge in [-0.05, 0) is 26.8 Å². The molecule has 3 heterocycles. The second-order valence-electron chi connectivity index (χ2n) is 6.59. The summed E-state index contributed by atoms with van der Waals surface area (Å²) in [5.74, 6) is 0.841. The molecule has 23 heavy (non-hydrogen) atoms. The Balaban J connectivity index is 1.70. The van der Waals surface area contributed by atoms with Crippen LogP contribution in [0.4, 0.5) is 10.6 Å². The Morgan fingerprint density at radius 1 is 1.17 bits per heavy atom. The Labute approximate surface area is 135 Å². The quantitative estimate of drug-likeness (QED) is 0.802. The molecule has 1 saturated heterocycles. The van der Waals surface area contributed by atoms with Gasteiger partial charge in [0.1, 0.15) is 5.60 Å². The van der Waals surface area contributed by atoms with E-state index in [1.54, 1.807) is 23.5 Å². The summed E-state index contributed by atoms with van der Waals surface area (Å²) < 4.78 is 5.42. The molecule has 0 unspecified atom stereocenters. The van der Waals surface area contributed by atoms with Gasteiger partial charge in [-0.15, -0.1) is 5.10 Å². The molecule has 1 fully saturated rings. The second-order valence-corrected chi connectivity index (χ2v) is 6.59. The van der Waals surface area contributed by atoms with E-state index >= 15 is 0 Å². The minimum atomic E-state index is -0.470. The van der Waals surface area contributed by atoms with Crippen LogP contribution in [-0.2, 0) is 4.74 Å². The first kappa shape index (κ1) is 15.5. The molecule has 1 aliphatic rings. The zero-order valence-corrected chi connectivity index (χ0v) is 13.7. The van der Waals surface area contributed by atoms with E-state index in [-0.39, 0.29) is 6.09 Å². The molecule has 122 valence electrons. The van der Waals surface area contributed by atoms with Gasteiger partial charge >= 0.3 is 6.09 Å². The van der Waals surface area contributed by atoms with E-state index in [1.807, 2.05) is 26.8 Å². The van der Waals surface area contributed by atoms with E-state index in [0.29, 0.717) is 26.2 Å². The van der Waals surface area contributed by atoms with Gasteiger partial charge in [0, 0.05) is 49.3 Å². The van der Waals surface area contributed by atoms with E-state index in [4.69, 9.17) is 4.74 Å². The number of carbonyl (C=O) groups excluding carboxylic acids is 1. The first-order valence-electron chi connectivity index (χ1n) is 7.72. The number of fused-ring (bicyclic) bond motifs is 1. The zero-order valence-electron chi connectivity index (χ0n) is 13.7. The number of aromatic nitrogens is 3. The molecule has 2 aromatic heterocycles. The van der Waals surface area contributed by atoms with Crippen molar-refractivity contribution in [2.24, 2.45) is 0 Å². The summed E-state index contributed by atoms with van der Waals surface area (Å²) in [4.78, 5) is 20.1. The Bertz CT molecular complexity index is 700. The van der Waals surface area contributed by atoms with Gasteiger partial charge < -0.3 is 14.5 Å². The van der Waals surface area contributed by atoms with Gasteiger partial charge in [-0.3, -0.25) is 4.98 Å². The molecule has 3 rings (SSSR count). The largest absolute Gasteiger partial charge is 0.444 e. The SMILES string of the molecule is CC(C)(C)OC(=O)N1CCN(c2nncc3cnccc23)CC1. The molecule has 0 aromatic carbocycles. The topological polar surface area (TPSA) is 71.5 Å². The van der Waals surface area contributed by atoms with Gasteiger partial charge in [0.15, 0.2) is 5.82 Å². The molecule has 1 amide bonds. The molecule has 7 nitrogen and oxygen atoms in total. The van der Waals surface area contributed by atoms with Crippen molar-refractivity contribution in [2.75, 3.05) is 31.1 Å². The van der Waals surface area contributed by atoms with Crippen molar-refractivity contribution >= 4 is 22.7 Å². The number of rotatable bonds is 1. The number of nitrogens with zero attached hydrogens (tertiary/aromatic N) is 5. The fourth-order valence-electron chi connectivity index (χ4n) is 2.57. The number of pyridine rings is 1. The molecule has 7 heteroatoms. The van der Waals surface area contributed by atoms with Crippen LogP contribution in [0.2, 0.25) is 0 Å². The highest BCUT2D eigenvalue weighted by molar-refractivity contribution is 5.90. The lowest BCUT2D eigenvalue weighted by Crippen LogP contribution is -2.50. The summed E-state index contributed by atoms with van der Waals surface area (Å²) >= 11 is 0. The lowest BCUT2D eigenvalue weighted by molar-refractivity contribution is 0.0240. The van der Waals surface area contributed by atoms with Crippen LogP contribution in [0.3, 0.4) is 0 Å². The number of anilines is 1. The third-order valence-electron chi connectivity index (χ3n) is 3.67. The summed E-state index contributed by atoms with van der Waals surface area (Å²) in [5.41, 5.74) is -0.470. The van der Waals surface area contributed by atoms with Crippen molar-refractivity contribution < 1.29 is 9.53 Å². The monoisotopic (exact) mass is 315 g/mol. The molecule has 2 aromatic rings. The van der Waals surface area contributed by atoms with Crippen molar-refractivity contribution in [3.8, 4) is 0 Å². The van der Waals surface area contributed by atoms with Crippen LogP contribution in [0.25, 0.3) is 10.8 Å². The molecule has 0 saturated carbocycles. The van der Waals surface area contributed by atoms with Crippen LogP contribution in [0.15, 0.2) is 24.7 Å². The van der Waals surface area contributed by atoms with Crippen molar-refractivity contribution in [3.63, 3.8) is 0 Å². The van der Waals surface area contributed by atoms with Gasteiger partial charge in [0.2, 0.25) is 0 Å². The highest BCUT2D eigenvalue weighted by atomic mass is 16.6. The van der Waals surface area contributed by atoms with Gasteiger partial charge in [-0.25, -0.2) is 4.79 Å². The van der Waals surface area contributed by atoms with Crippen molar-refractivity contribution in [1.82, 2.24) is 20.1 Å². The second kappa shape index (κ2) is 5.98. The normalized spacial score (nSPS) is 15.8. The Hall–Kier alpha value is -2.44. The molecule has 0 radical (unpaired) electrons. The van der Waals surface area contributed by atoms with Crippen LogP contribution in [0.5, 0.6) is 0 Å². The molecule has 0 aliphatic carbocycles. The first-order chi connectivity index (χ1) is 10.9. The third kappa shape index (κ3) is 3.49. The maximum atomic E-state index is 12.1. The molecule has 0 bridgehead atoms. The number of hydrogen-bond donors (Lipinski definition) is 0. The Morgan fingerprint density at radius 2 is 1.91 bits per heavy atom. The lowest BCUT2D eigenvalue weighted by Gasteiger charge is -2.36. The molecule has 0 spiro atoms. The minimum absolute atomic E-state index is 0.259. The Kier molecular flexibility index (Phi) is 4.02. The van der Waals surface area contributed by atoms with Crippen molar-refractivity contribution in [3.05, 3.63) is 24.7 Å². The summed E-state index contributed by atoms with van der Waals surface area (Å²) in [6, 6.07) is 1.94. The molecular formula is C16H21N5O2. The van der Waals surface area contributed by atoms with E-state index in [1.165, 1.54) is 0 Å². The Morgan fingerprint density at radius 3 is 2.61 bits per heavy atom. The summed E-state index contributed by atoms with van der Waals surface area (Å²) in [6.45, 7) is 8.25. The van der Waals surface area contributed by atoms with E-state index in [2.05, 4.69) is 20.1 Å². The predicted molar refractivity (Wildman–Crippen MR) is 87.4 cm³/mol. The molecule has 0 atom stereocenters.